The van der Waals surface area contributed by atoms with Crippen LogP contribution in [0.1, 0.15) is 75.5 Å². The van der Waals surface area contributed by atoms with E-state index >= 15 is 0 Å². The van der Waals surface area contributed by atoms with Gasteiger partial charge < -0.3 is 46.7 Å². The zero-order valence-electron chi connectivity index (χ0n) is 59.3. The van der Waals surface area contributed by atoms with Gasteiger partial charge in [0, 0.05) is 78.5 Å². The Morgan fingerprint density at radius 2 is 0.843 bits per heavy atom. The number of fused-ring (bicyclic) bond motifs is 7. The number of H-pyrrole nitrogens is 1. The molecule has 0 atom stereocenters. The van der Waals surface area contributed by atoms with E-state index in [1.165, 1.54) is 86.0 Å². The molecule has 108 heavy (non-hydrogen) atoms. The number of aromatic nitrogens is 10. The maximum atomic E-state index is 14.0. The van der Waals surface area contributed by atoms with Crippen molar-refractivity contribution in [3.63, 3.8) is 0 Å². The van der Waals surface area contributed by atoms with Crippen LogP contribution < -0.4 is 55.1 Å². The molecule has 7 N–H and O–H groups in total. The van der Waals surface area contributed by atoms with Gasteiger partial charge in [-0.05, 0) is 99.0 Å². The van der Waals surface area contributed by atoms with Crippen LogP contribution in [0.2, 0.25) is 15.1 Å². The van der Waals surface area contributed by atoms with E-state index in [0.717, 1.165) is 30.4 Å². The van der Waals surface area contributed by atoms with Crippen LogP contribution in [-0.4, -0.2) is 161 Å². The molecular formula is C73H72Cl3F3N18O11. The zero-order chi connectivity index (χ0) is 77.7. The number of hydrogen-bond acceptors (Lipinski definition) is 16. The minimum Gasteiger partial charge on any atom is -0.396 e. The van der Waals surface area contributed by atoms with E-state index in [0.29, 0.717) is 71.2 Å². The van der Waals surface area contributed by atoms with Crippen molar-refractivity contribution in [2.24, 2.45) is 14.1 Å². The van der Waals surface area contributed by atoms with Crippen molar-refractivity contribution >= 4 is 137 Å². The monoisotopic (exact) mass is 1540 g/mol. The number of anilines is 2. The number of nitrogens with one attached hydrogen (secondary N) is 5. The molecule has 0 radical (unpaired) electrons. The first-order valence-corrected chi connectivity index (χ1v) is 35.0. The molecule has 3 aromatic carbocycles. The number of amides is 6. The normalized spacial score (nSPS) is 14.6. The Balaban J connectivity index is 0.000000152. The maximum absolute atomic E-state index is 14.0. The van der Waals surface area contributed by atoms with E-state index in [1.54, 1.807) is 93.9 Å². The number of aryl methyl sites for hydroxylation is 3. The summed E-state index contributed by atoms with van der Waals surface area (Å²) in [6.07, 6.45) is 4.24. The summed E-state index contributed by atoms with van der Waals surface area (Å²) in [5, 5.41) is 13.9. The predicted octanol–water partition coefficient (Wildman–Crippen LogP) is 6.13. The van der Waals surface area contributed by atoms with Gasteiger partial charge in [-0.25, -0.2) is 37.7 Å². The average Bonchev–Trinajstić information content (AvgIpc) is 1.53. The number of likely N-dealkylation sites (tertiary alicyclic amines) is 3. The number of hydrogen-bond donors (Lipinski definition) is 6. The van der Waals surface area contributed by atoms with E-state index in [-0.39, 0.29) is 105 Å². The largest absolute Gasteiger partial charge is 0.396 e. The standard InChI is InChI=1S/C26H26ClFN6O4.C24H22ClFN6O4.C23H24ClFN6O3/c1-4-33-19-11-29-22-17(21(19)31(3)25(33)38)9-18(23(36)30-10-15-5-7-16(27)8-6-15)24(37)34(22)12-20(35)32-13-26(2,28)14-32;1-24(26)11-31(12-24)18(33)10-32-20-15(19-17(9-27-20)29-23(36)30(19)2)7-16(22(32)35)21(34)28-8-13-3-5-14(25)6-4-13;1-23(25)11-30(12-23)18(32)10-31-20-15(19(27-2)17(26)9-28-20)7-16(22(31)34)21(33)29-8-13-3-5-14(24)6-4-13/h5-9,11H,4,10,12-14H2,1-3H3,(H,30,36);3-7,9H,8,10-12H2,1-2H3,(H,28,34)(H,29,36);3-7,9H,8,10-12,26H2,1-2H3,(H,27,28)(H,29,33). The fourth-order valence-electron chi connectivity index (χ4n) is 13.2. The van der Waals surface area contributed by atoms with Crippen LogP contribution in [-0.2, 0) is 74.3 Å². The van der Waals surface area contributed by atoms with Crippen LogP contribution in [0.4, 0.5) is 24.5 Å². The highest BCUT2D eigenvalue weighted by molar-refractivity contribution is 6.31. The van der Waals surface area contributed by atoms with Gasteiger partial charge in [-0.15, -0.1) is 0 Å². The molecule has 3 fully saturated rings. The summed E-state index contributed by atoms with van der Waals surface area (Å²) in [7, 11) is 4.79. The van der Waals surface area contributed by atoms with Crippen molar-refractivity contribution in [1.82, 2.24) is 78.0 Å². The van der Waals surface area contributed by atoms with Crippen LogP contribution in [0, 0.1) is 0 Å². The first kappa shape index (κ1) is 76.0. The van der Waals surface area contributed by atoms with E-state index in [9.17, 15) is 65.9 Å². The van der Waals surface area contributed by atoms with E-state index in [1.807, 2.05) is 6.92 Å². The van der Waals surface area contributed by atoms with Gasteiger partial charge >= 0.3 is 11.4 Å². The molecule has 0 bridgehead atoms. The smallest absolute Gasteiger partial charge is 0.328 e. The van der Waals surface area contributed by atoms with Crippen LogP contribution in [0.15, 0.2) is 134 Å². The van der Waals surface area contributed by atoms with Crippen molar-refractivity contribution in [2.45, 2.75) is 90.5 Å². The summed E-state index contributed by atoms with van der Waals surface area (Å²) in [5.74, 6) is -3.31. The number of pyridine rings is 6. The van der Waals surface area contributed by atoms with Gasteiger partial charge in [-0.3, -0.25) is 70.6 Å². The summed E-state index contributed by atoms with van der Waals surface area (Å²) >= 11 is 17.7. The molecule has 35 heteroatoms. The van der Waals surface area contributed by atoms with Gasteiger partial charge in [0.25, 0.3) is 34.4 Å². The molecule has 3 saturated heterocycles. The second-order valence-electron chi connectivity index (χ2n) is 27.4. The summed E-state index contributed by atoms with van der Waals surface area (Å²) < 4.78 is 49.5. The Kier molecular flexibility index (Phi) is 21.1. The average molecular weight is 1540 g/mol. The minimum absolute atomic E-state index is 0.0536. The molecule has 11 heterocycles. The number of carbonyl (C=O) groups is 6. The lowest BCUT2D eigenvalue weighted by Gasteiger charge is -2.42. The molecule has 29 nitrogen and oxygen atoms in total. The highest BCUT2D eigenvalue weighted by atomic mass is 35.5. The Morgan fingerprint density at radius 1 is 0.500 bits per heavy atom. The van der Waals surface area contributed by atoms with Gasteiger partial charge in [0.15, 0.2) is 0 Å². The molecule has 0 aliphatic carbocycles. The van der Waals surface area contributed by atoms with Crippen LogP contribution in [0.3, 0.4) is 0 Å². The maximum Gasteiger partial charge on any atom is 0.328 e. The third-order valence-corrected chi connectivity index (χ3v) is 19.5. The van der Waals surface area contributed by atoms with Crippen molar-refractivity contribution in [2.75, 3.05) is 57.4 Å². The van der Waals surface area contributed by atoms with Crippen LogP contribution in [0.5, 0.6) is 0 Å². The molecule has 562 valence electrons. The fraction of sp³-hybridized carbons (Fsp3) is 0.315. The van der Waals surface area contributed by atoms with E-state index in [4.69, 9.17) is 40.5 Å². The lowest BCUT2D eigenvalue weighted by molar-refractivity contribution is -0.145. The lowest BCUT2D eigenvalue weighted by Crippen LogP contribution is -2.60. The van der Waals surface area contributed by atoms with Gasteiger partial charge in [-0.1, -0.05) is 71.2 Å². The molecule has 14 rings (SSSR count). The third kappa shape index (κ3) is 15.5. The number of aromatic amines is 1. The van der Waals surface area contributed by atoms with Crippen molar-refractivity contribution in [1.29, 1.82) is 0 Å². The van der Waals surface area contributed by atoms with Crippen LogP contribution in [0.25, 0.3) is 55.2 Å². The molecule has 6 amide bonds. The Morgan fingerprint density at radius 3 is 1.20 bits per heavy atom. The topological polar surface area (TPSA) is 356 Å². The predicted molar refractivity (Wildman–Crippen MR) is 402 cm³/mol. The van der Waals surface area contributed by atoms with Gasteiger partial charge in [0.2, 0.25) is 17.7 Å². The number of rotatable bonds is 17. The quantitative estimate of drug-likeness (QED) is 0.0597. The molecule has 0 saturated carbocycles. The van der Waals surface area contributed by atoms with Gasteiger partial charge in [-0.2, -0.15) is 0 Å². The fourth-order valence-corrected chi connectivity index (χ4v) is 13.6. The second kappa shape index (κ2) is 30.0. The molecule has 11 aromatic rings. The van der Waals surface area contributed by atoms with Crippen molar-refractivity contribution < 1.29 is 41.9 Å². The molecule has 8 aromatic heterocycles. The van der Waals surface area contributed by atoms with Crippen molar-refractivity contribution in [3.8, 4) is 0 Å². The molecular weight excluding hydrogens is 1470 g/mol. The minimum atomic E-state index is -1.47. The molecule has 3 aliphatic rings. The first-order valence-electron chi connectivity index (χ1n) is 33.8. The summed E-state index contributed by atoms with van der Waals surface area (Å²) in [4.78, 5) is 163. The third-order valence-electron chi connectivity index (χ3n) is 18.8. The lowest BCUT2D eigenvalue weighted by atomic mass is 9.99. The zero-order valence-corrected chi connectivity index (χ0v) is 61.6. The summed E-state index contributed by atoms with van der Waals surface area (Å²) in [6, 6.07) is 24.9. The second-order valence-corrected chi connectivity index (χ2v) is 28.7. The SMILES string of the molecule is CCn1c(=O)n(C)c2c3cc(C(=O)NCc4ccc(Cl)cc4)c(=O)n(CC(=O)N4CC(C)(F)C4)c3ncc21.CNc1c(N)cnc2c1cc(C(=O)NCc1ccc(Cl)cc1)c(=O)n2CC(=O)N1CC(C)(F)C1.Cn1c(=O)[nH]c2cnc3c(cc(C(=O)NCc4ccc(Cl)cc4)c(=O)n3CC(=O)N3CC(C)(F)C3)c21. The number of carbonyl (C=O) groups excluding carboxylic acids is 6. The van der Waals surface area contributed by atoms with Crippen LogP contribution >= 0.6 is 34.8 Å². The number of imidazole rings is 2. The van der Waals surface area contributed by atoms with E-state index < -0.39 is 87.9 Å². The Labute approximate surface area is 625 Å². The van der Waals surface area contributed by atoms with Crippen molar-refractivity contribution in [3.05, 3.63) is 210 Å². The highest BCUT2D eigenvalue weighted by Crippen LogP contribution is 2.32. The number of nitrogen functional groups attached to an aromatic ring is 1. The summed E-state index contributed by atoms with van der Waals surface area (Å²) in [6.45, 7) is 5.22. The molecule has 0 unspecified atom stereocenters. The highest BCUT2D eigenvalue weighted by Gasteiger charge is 2.44. The summed E-state index contributed by atoms with van der Waals surface area (Å²) in [5.41, 5.74) is 3.71. The van der Waals surface area contributed by atoms with Gasteiger partial charge in [0.05, 0.1) is 91.3 Å². The van der Waals surface area contributed by atoms with Gasteiger partial charge in [0.1, 0.15) is 70.3 Å². The number of alkyl halides is 3. The molecule has 3 aliphatic heterocycles. The number of nitrogens with two attached hydrogens (primary N) is 1. The Bertz CT molecular complexity index is 5810. The Hall–Kier alpha value is -11.6. The molecule has 0 spiro atoms. The number of benzene rings is 3. The first-order chi connectivity index (χ1) is 51.1. The number of nitrogens with zero attached hydrogens (tertiary/aromatic N) is 12. The number of halogens is 6. The van der Waals surface area contributed by atoms with E-state index in [2.05, 4.69) is 41.2 Å².